The Balaban J connectivity index is 1.46. The summed E-state index contributed by atoms with van der Waals surface area (Å²) in [7, 11) is 0. The van der Waals surface area contributed by atoms with Gasteiger partial charge in [0.15, 0.2) is 0 Å². The van der Waals surface area contributed by atoms with Crippen LogP contribution in [0.1, 0.15) is 50.6 Å². The predicted octanol–water partition coefficient (Wildman–Crippen LogP) is 3.33. The first kappa shape index (κ1) is 18.1. The highest BCUT2D eigenvalue weighted by atomic mass is 32.2. The Labute approximate surface area is 169 Å². The van der Waals surface area contributed by atoms with Crippen LogP contribution in [0.15, 0.2) is 18.2 Å². The van der Waals surface area contributed by atoms with Crippen LogP contribution < -0.4 is 16.2 Å². The Morgan fingerprint density at radius 3 is 2.54 bits per heavy atom. The third kappa shape index (κ3) is 2.63. The van der Waals surface area contributed by atoms with Crippen LogP contribution in [0.5, 0.6) is 0 Å². The number of nitrogens with one attached hydrogen (secondary N) is 3. The van der Waals surface area contributed by atoms with Crippen molar-refractivity contribution in [2.75, 3.05) is 0 Å². The number of halogens is 2. The summed E-state index contributed by atoms with van der Waals surface area (Å²) in [4.78, 5) is 2.63. The molecule has 7 heteroatoms. The van der Waals surface area contributed by atoms with Crippen molar-refractivity contribution in [1.29, 1.82) is 0 Å². The molecule has 3 saturated heterocycles. The smallest absolute Gasteiger partial charge is 0.130 e. The van der Waals surface area contributed by atoms with Gasteiger partial charge in [0.05, 0.1) is 17.7 Å². The molecule has 2 saturated carbocycles. The van der Waals surface area contributed by atoms with Gasteiger partial charge < -0.3 is 5.32 Å². The molecule has 152 valence electrons. The Bertz CT molecular complexity index is 755. The monoisotopic (exact) mass is 406 g/mol. The van der Waals surface area contributed by atoms with Gasteiger partial charge in [-0.05, 0) is 56.6 Å². The maximum atomic E-state index is 14.9. The number of rotatable bonds is 2. The molecule has 3 aliphatic heterocycles. The SMILES string of the molecule is C[C@@H]1NC(c2c(F)cccc2F)C2C3CCCC3SC2N2C(C3CC3)NNC12. The highest BCUT2D eigenvalue weighted by molar-refractivity contribution is 8.00. The molecular weight excluding hydrogens is 378 g/mol. The third-order valence-electron chi connectivity index (χ3n) is 7.64. The lowest BCUT2D eigenvalue weighted by Gasteiger charge is -2.37. The van der Waals surface area contributed by atoms with Gasteiger partial charge in [0, 0.05) is 28.8 Å². The summed E-state index contributed by atoms with van der Waals surface area (Å²) in [5.41, 5.74) is 7.31. The maximum Gasteiger partial charge on any atom is 0.130 e. The van der Waals surface area contributed by atoms with Crippen LogP contribution in [-0.2, 0) is 0 Å². The zero-order valence-electron chi connectivity index (χ0n) is 16.1. The second kappa shape index (κ2) is 6.64. The number of hydrogen-bond acceptors (Lipinski definition) is 5. The molecule has 3 N–H and O–H groups in total. The Hall–Kier alpha value is -0.730. The lowest BCUT2D eigenvalue weighted by molar-refractivity contribution is 0.112. The van der Waals surface area contributed by atoms with E-state index in [1.54, 1.807) is 0 Å². The molecule has 28 heavy (non-hydrogen) atoms. The summed E-state index contributed by atoms with van der Waals surface area (Å²) >= 11 is 2.08. The highest BCUT2D eigenvalue weighted by Crippen LogP contribution is 2.58. The second-order valence-electron chi connectivity index (χ2n) is 9.27. The molecule has 5 aliphatic rings. The fraction of sp³-hybridized carbons (Fsp3) is 0.714. The fourth-order valence-corrected chi connectivity index (χ4v) is 8.38. The van der Waals surface area contributed by atoms with Crippen LogP contribution in [0, 0.1) is 29.4 Å². The van der Waals surface area contributed by atoms with Crippen LogP contribution >= 0.6 is 11.8 Å². The Morgan fingerprint density at radius 2 is 1.79 bits per heavy atom. The molecule has 1 aromatic carbocycles. The maximum absolute atomic E-state index is 14.9. The van der Waals surface area contributed by atoms with Crippen molar-refractivity contribution in [2.45, 2.75) is 74.1 Å². The molecule has 0 bridgehead atoms. The van der Waals surface area contributed by atoms with Crippen LogP contribution in [0.3, 0.4) is 0 Å². The van der Waals surface area contributed by atoms with Crippen molar-refractivity contribution in [3.05, 3.63) is 35.4 Å². The van der Waals surface area contributed by atoms with Gasteiger partial charge in [-0.25, -0.2) is 19.6 Å². The van der Waals surface area contributed by atoms with Crippen molar-refractivity contribution < 1.29 is 8.78 Å². The van der Waals surface area contributed by atoms with E-state index in [0.717, 1.165) is 0 Å². The van der Waals surface area contributed by atoms with E-state index >= 15 is 0 Å². The van der Waals surface area contributed by atoms with Crippen LogP contribution in [-0.4, -0.2) is 33.9 Å². The van der Waals surface area contributed by atoms with Crippen molar-refractivity contribution in [3.8, 4) is 0 Å². The molecule has 2 aliphatic carbocycles. The van der Waals surface area contributed by atoms with Crippen LogP contribution in [0.2, 0.25) is 0 Å². The number of thioether (sulfide) groups is 1. The second-order valence-corrected chi connectivity index (χ2v) is 10.6. The molecule has 0 aromatic heterocycles. The molecule has 3 heterocycles. The van der Waals surface area contributed by atoms with Crippen molar-refractivity contribution >= 4 is 11.8 Å². The summed E-state index contributed by atoms with van der Waals surface area (Å²) in [5.74, 6) is 0.605. The molecule has 0 amide bonds. The summed E-state index contributed by atoms with van der Waals surface area (Å²) in [6, 6.07) is 4.10. The molecule has 1 aromatic rings. The van der Waals surface area contributed by atoms with E-state index in [9.17, 15) is 8.78 Å². The van der Waals surface area contributed by atoms with Crippen molar-refractivity contribution in [3.63, 3.8) is 0 Å². The van der Waals surface area contributed by atoms with Gasteiger partial charge in [-0.3, -0.25) is 4.90 Å². The highest BCUT2D eigenvalue weighted by Gasteiger charge is 2.59. The minimum atomic E-state index is -0.415. The average Bonchev–Trinajstić information content (AvgIpc) is 3.12. The summed E-state index contributed by atoms with van der Waals surface area (Å²) in [5, 5.41) is 4.58. The van der Waals surface area contributed by atoms with Gasteiger partial charge in [-0.15, -0.1) is 11.8 Å². The molecule has 5 fully saturated rings. The van der Waals surface area contributed by atoms with Crippen LogP contribution in [0.25, 0.3) is 0 Å². The standard InChI is InChI=1S/C21H28F2N4S/c1-10-19-25-26-20(11-8-9-11)27(19)21-16(12-4-2-7-15(12)28-21)18(24-10)17-13(22)5-3-6-14(17)23/h3,5-6,10-12,15-16,18-21,24-26H,2,4,7-9H2,1H3/t10-,12?,15?,16?,18?,19?,20?,21?/m0/s1. The number of nitrogens with zero attached hydrogens (tertiary/aromatic N) is 1. The van der Waals surface area contributed by atoms with E-state index < -0.39 is 11.6 Å². The lowest BCUT2D eigenvalue weighted by atomic mass is 9.81. The van der Waals surface area contributed by atoms with Crippen molar-refractivity contribution in [1.82, 2.24) is 21.1 Å². The number of benzene rings is 1. The average molecular weight is 407 g/mol. The first-order valence-electron chi connectivity index (χ1n) is 10.8. The molecule has 0 spiro atoms. The summed E-state index contributed by atoms with van der Waals surface area (Å²) in [6.45, 7) is 2.14. The zero-order valence-corrected chi connectivity index (χ0v) is 16.9. The first-order chi connectivity index (χ1) is 13.6. The predicted molar refractivity (Wildman–Crippen MR) is 106 cm³/mol. The molecule has 7 unspecified atom stereocenters. The first-order valence-corrected chi connectivity index (χ1v) is 11.7. The number of fused-ring (bicyclic) bond motifs is 5. The van der Waals surface area contributed by atoms with E-state index in [2.05, 4.69) is 39.8 Å². The normalized spacial score (nSPS) is 45.5. The Kier molecular flexibility index (Phi) is 4.28. The van der Waals surface area contributed by atoms with Crippen molar-refractivity contribution in [2.24, 2.45) is 17.8 Å². The third-order valence-corrected chi connectivity index (χ3v) is 9.41. The van der Waals surface area contributed by atoms with Crippen LogP contribution in [0.4, 0.5) is 8.78 Å². The quantitative estimate of drug-likeness (QED) is 0.703. The summed E-state index contributed by atoms with van der Waals surface area (Å²) in [6.07, 6.45) is 6.66. The molecule has 6 rings (SSSR count). The molecular formula is C21H28F2N4S. The van der Waals surface area contributed by atoms with Gasteiger partial charge in [-0.1, -0.05) is 12.5 Å². The number of hydrazine groups is 1. The van der Waals surface area contributed by atoms with E-state index in [1.165, 1.54) is 50.3 Å². The van der Waals surface area contributed by atoms with Gasteiger partial charge in [0.2, 0.25) is 0 Å². The van der Waals surface area contributed by atoms with E-state index in [0.29, 0.717) is 23.3 Å². The van der Waals surface area contributed by atoms with E-state index in [4.69, 9.17) is 0 Å². The zero-order chi connectivity index (χ0) is 19.0. The van der Waals surface area contributed by atoms with Gasteiger partial charge in [0.25, 0.3) is 0 Å². The topological polar surface area (TPSA) is 39.3 Å². The fourth-order valence-electron chi connectivity index (χ4n) is 6.26. The minimum absolute atomic E-state index is 0.0892. The minimum Gasteiger partial charge on any atom is -0.304 e. The van der Waals surface area contributed by atoms with E-state index in [-0.39, 0.29) is 35.1 Å². The number of hydrogen-bond donors (Lipinski definition) is 3. The van der Waals surface area contributed by atoms with E-state index in [1.807, 2.05) is 0 Å². The molecule has 0 radical (unpaired) electrons. The summed E-state index contributed by atoms with van der Waals surface area (Å²) < 4.78 is 29.7. The molecule has 4 nitrogen and oxygen atoms in total. The lowest BCUT2D eigenvalue weighted by Crippen LogP contribution is -2.52. The van der Waals surface area contributed by atoms with Gasteiger partial charge >= 0.3 is 0 Å². The largest absolute Gasteiger partial charge is 0.304 e. The van der Waals surface area contributed by atoms with Gasteiger partial charge in [-0.2, -0.15) is 0 Å². The Morgan fingerprint density at radius 1 is 1.04 bits per heavy atom. The van der Waals surface area contributed by atoms with Gasteiger partial charge in [0.1, 0.15) is 11.6 Å². The molecule has 8 atom stereocenters.